The molecule has 0 unspecified atom stereocenters. The molecule has 17 heavy (non-hydrogen) atoms. The van der Waals surface area contributed by atoms with E-state index in [2.05, 4.69) is 0 Å². The van der Waals surface area contributed by atoms with Gasteiger partial charge in [0.15, 0.2) is 5.76 Å². The average Bonchev–Trinajstić information content (AvgIpc) is 2.77. The SMILES string of the molecule is CSCc1ccc(C(=O)N(CCO)CCO)o1. The predicted molar refractivity (Wildman–Crippen MR) is 66.0 cm³/mol. The van der Waals surface area contributed by atoms with Crippen molar-refractivity contribution >= 4 is 17.7 Å². The summed E-state index contributed by atoms with van der Waals surface area (Å²) in [5.74, 6) is 1.40. The summed E-state index contributed by atoms with van der Waals surface area (Å²) in [7, 11) is 0. The molecular weight excluding hydrogens is 242 g/mol. The van der Waals surface area contributed by atoms with E-state index < -0.39 is 0 Å². The molecule has 0 radical (unpaired) electrons. The van der Waals surface area contributed by atoms with E-state index in [4.69, 9.17) is 14.6 Å². The van der Waals surface area contributed by atoms with Crippen LogP contribution >= 0.6 is 11.8 Å². The van der Waals surface area contributed by atoms with Crippen LogP contribution in [0.15, 0.2) is 16.5 Å². The molecule has 0 atom stereocenters. The summed E-state index contributed by atoms with van der Waals surface area (Å²) in [5, 5.41) is 17.7. The Balaban J connectivity index is 2.70. The van der Waals surface area contributed by atoms with Gasteiger partial charge in [-0.25, -0.2) is 0 Å². The number of carbonyl (C=O) groups is 1. The first kappa shape index (κ1) is 14.1. The predicted octanol–water partition coefficient (Wildman–Crippen LogP) is 0.569. The van der Waals surface area contributed by atoms with Crippen LogP contribution in [0.25, 0.3) is 0 Å². The van der Waals surface area contributed by atoms with Gasteiger partial charge in [0.1, 0.15) is 5.76 Å². The van der Waals surface area contributed by atoms with Gasteiger partial charge in [0.25, 0.3) is 5.91 Å². The molecular formula is C11H17NO4S. The second kappa shape index (κ2) is 7.37. The van der Waals surface area contributed by atoms with Gasteiger partial charge in [-0.2, -0.15) is 11.8 Å². The molecule has 1 aromatic rings. The first-order valence-electron chi connectivity index (χ1n) is 5.31. The van der Waals surface area contributed by atoms with Crippen molar-refractivity contribution in [2.24, 2.45) is 0 Å². The van der Waals surface area contributed by atoms with Crippen molar-refractivity contribution in [2.45, 2.75) is 5.75 Å². The van der Waals surface area contributed by atoms with Crippen LogP contribution in [0.5, 0.6) is 0 Å². The van der Waals surface area contributed by atoms with Crippen LogP contribution in [-0.2, 0) is 5.75 Å². The number of hydrogen-bond acceptors (Lipinski definition) is 5. The average molecular weight is 259 g/mol. The molecule has 0 spiro atoms. The van der Waals surface area contributed by atoms with Gasteiger partial charge in [-0.15, -0.1) is 0 Å². The highest BCUT2D eigenvalue weighted by molar-refractivity contribution is 7.97. The van der Waals surface area contributed by atoms with Crippen molar-refractivity contribution in [3.63, 3.8) is 0 Å². The number of amides is 1. The van der Waals surface area contributed by atoms with Crippen molar-refractivity contribution in [3.05, 3.63) is 23.7 Å². The molecule has 0 aliphatic heterocycles. The van der Waals surface area contributed by atoms with Gasteiger partial charge in [-0.05, 0) is 18.4 Å². The lowest BCUT2D eigenvalue weighted by Crippen LogP contribution is -2.35. The Morgan fingerprint density at radius 1 is 1.35 bits per heavy atom. The summed E-state index contributed by atoms with van der Waals surface area (Å²) in [5.41, 5.74) is 0. The Morgan fingerprint density at radius 2 is 2.00 bits per heavy atom. The highest BCUT2D eigenvalue weighted by atomic mass is 32.2. The van der Waals surface area contributed by atoms with E-state index in [0.29, 0.717) is 5.75 Å². The van der Waals surface area contributed by atoms with Crippen LogP contribution in [-0.4, -0.2) is 53.6 Å². The maximum absolute atomic E-state index is 11.9. The number of aliphatic hydroxyl groups is 2. The maximum atomic E-state index is 11.9. The fourth-order valence-electron chi connectivity index (χ4n) is 1.42. The Morgan fingerprint density at radius 3 is 2.53 bits per heavy atom. The Hall–Kier alpha value is -0.980. The lowest BCUT2D eigenvalue weighted by molar-refractivity contribution is 0.0652. The zero-order valence-electron chi connectivity index (χ0n) is 9.76. The summed E-state index contributed by atoms with van der Waals surface area (Å²) >= 11 is 1.61. The van der Waals surface area contributed by atoms with Crippen LogP contribution in [0.3, 0.4) is 0 Å². The summed E-state index contributed by atoms with van der Waals surface area (Å²) in [6, 6.07) is 3.38. The molecule has 0 aromatic carbocycles. The largest absolute Gasteiger partial charge is 0.455 e. The minimum atomic E-state index is -0.305. The van der Waals surface area contributed by atoms with Crippen molar-refractivity contribution in [1.82, 2.24) is 4.90 Å². The van der Waals surface area contributed by atoms with E-state index in [9.17, 15) is 4.79 Å². The second-order valence-electron chi connectivity index (χ2n) is 3.44. The first-order valence-corrected chi connectivity index (χ1v) is 6.71. The highest BCUT2D eigenvalue weighted by Gasteiger charge is 2.18. The monoisotopic (exact) mass is 259 g/mol. The van der Waals surface area contributed by atoms with Crippen LogP contribution in [0.4, 0.5) is 0 Å². The standard InChI is InChI=1S/C11H17NO4S/c1-17-8-9-2-3-10(16-9)11(15)12(4-6-13)5-7-14/h2-3,13-14H,4-8H2,1H3. The topological polar surface area (TPSA) is 73.9 Å². The van der Waals surface area contributed by atoms with Crippen LogP contribution in [0.1, 0.15) is 16.3 Å². The number of furan rings is 1. The molecule has 0 saturated carbocycles. The maximum Gasteiger partial charge on any atom is 0.289 e. The number of thioether (sulfide) groups is 1. The molecule has 5 nitrogen and oxygen atoms in total. The molecule has 6 heteroatoms. The lowest BCUT2D eigenvalue weighted by atomic mass is 10.3. The van der Waals surface area contributed by atoms with Crippen molar-refractivity contribution in [1.29, 1.82) is 0 Å². The number of nitrogens with zero attached hydrogens (tertiary/aromatic N) is 1. The van der Waals surface area contributed by atoms with E-state index in [1.54, 1.807) is 23.9 Å². The van der Waals surface area contributed by atoms with Crippen molar-refractivity contribution < 1.29 is 19.4 Å². The molecule has 96 valence electrons. The van der Waals surface area contributed by atoms with Gasteiger partial charge in [-0.3, -0.25) is 4.79 Å². The summed E-state index contributed by atoms with van der Waals surface area (Å²) in [6.45, 7) is 0.115. The lowest BCUT2D eigenvalue weighted by Gasteiger charge is -2.18. The molecule has 0 bridgehead atoms. The normalized spacial score (nSPS) is 10.5. The van der Waals surface area contributed by atoms with Crippen LogP contribution in [0, 0.1) is 0 Å². The number of aliphatic hydroxyl groups excluding tert-OH is 2. The summed E-state index contributed by atoms with van der Waals surface area (Å²) in [6.07, 6.45) is 1.95. The molecule has 0 fully saturated rings. The summed E-state index contributed by atoms with van der Waals surface area (Å²) < 4.78 is 5.38. The smallest absolute Gasteiger partial charge is 0.289 e. The zero-order valence-corrected chi connectivity index (χ0v) is 10.6. The fourth-order valence-corrected chi connectivity index (χ4v) is 1.86. The van der Waals surface area contributed by atoms with Gasteiger partial charge in [0.05, 0.1) is 19.0 Å². The Bertz CT molecular complexity index is 347. The van der Waals surface area contributed by atoms with E-state index in [0.717, 1.165) is 5.76 Å². The van der Waals surface area contributed by atoms with Gasteiger partial charge in [0.2, 0.25) is 0 Å². The van der Waals surface area contributed by atoms with Gasteiger partial charge in [0, 0.05) is 13.1 Å². The molecule has 1 rings (SSSR count). The van der Waals surface area contributed by atoms with Gasteiger partial charge >= 0.3 is 0 Å². The van der Waals surface area contributed by atoms with Gasteiger partial charge < -0.3 is 19.5 Å². The van der Waals surface area contributed by atoms with Crippen LogP contribution in [0.2, 0.25) is 0 Å². The Labute approximate surface area is 104 Å². The Kier molecular flexibility index (Phi) is 6.10. The van der Waals surface area contributed by atoms with Gasteiger partial charge in [-0.1, -0.05) is 0 Å². The molecule has 1 aromatic heterocycles. The second-order valence-corrected chi connectivity index (χ2v) is 4.30. The fraction of sp³-hybridized carbons (Fsp3) is 0.545. The quantitative estimate of drug-likeness (QED) is 0.749. The molecule has 1 heterocycles. The third kappa shape index (κ3) is 4.07. The molecule has 0 aliphatic rings. The van der Waals surface area contributed by atoms with E-state index in [1.165, 1.54) is 4.90 Å². The molecule has 1 amide bonds. The summed E-state index contributed by atoms with van der Waals surface area (Å²) in [4.78, 5) is 13.3. The molecule has 2 N–H and O–H groups in total. The third-order valence-corrected chi connectivity index (χ3v) is 2.76. The van der Waals surface area contributed by atoms with Crippen LogP contribution < -0.4 is 0 Å². The first-order chi connectivity index (χ1) is 8.22. The number of hydrogen-bond donors (Lipinski definition) is 2. The van der Waals surface area contributed by atoms with E-state index in [-0.39, 0.29) is 38.0 Å². The third-order valence-electron chi connectivity index (χ3n) is 2.19. The van der Waals surface area contributed by atoms with Crippen molar-refractivity contribution in [3.8, 4) is 0 Å². The minimum absolute atomic E-state index is 0.135. The number of rotatable bonds is 7. The highest BCUT2D eigenvalue weighted by Crippen LogP contribution is 2.15. The zero-order chi connectivity index (χ0) is 12.7. The van der Waals surface area contributed by atoms with E-state index in [1.807, 2.05) is 6.26 Å². The number of carbonyl (C=O) groups excluding carboxylic acids is 1. The van der Waals surface area contributed by atoms with Crippen molar-refractivity contribution in [2.75, 3.05) is 32.6 Å². The minimum Gasteiger partial charge on any atom is -0.455 e. The molecule has 0 aliphatic carbocycles. The molecule has 0 saturated heterocycles. The van der Waals surface area contributed by atoms with E-state index >= 15 is 0 Å².